The molecule has 0 aliphatic carbocycles. The number of ether oxygens (including phenoxy) is 3. The molecular weight excluding hydrogens is 198 g/mol. The van der Waals surface area contributed by atoms with Gasteiger partial charge in [-0.2, -0.15) is 0 Å². The standard InChI is InChI=1S/C10H11NO4/c1-13-6-3-7(14-2)10-8(4-6)15-9(5-12)11-10/h3-5,9,11H,1-2H3. The molecule has 5 nitrogen and oxygen atoms in total. The number of methoxy groups -OCH3 is 2. The van der Waals surface area contributed by atoms with E-state index in [0.717, 1.165) is 0 Å². The molecule has 1 unspecified atom stereocenters. The first kappa shape index (κ1) is 9.64. The van der Waals surface area contributed by atoms with Crippen molar-refractivity contribution in [3.63, 3.8) is 0 Å². The number of rotatable bonds is 3. The molecule has 2 rings (SSSR count). The SMILES string of the molecule is COc1cc(OC)c2c(c1)OC(C=O)N2. The highest BCUT2D eigenvalue weighted by Crippen LogP contribution is 2.42. The van der Waals surface area contributed by atoms with Gasteiger partial charge in [-0.25, -0.2) is 0 Å². The highest BCUT2D eigenvalue weighted by atomic mass is 16.5. The van der Waals surface area contributed by atoms with Crippen LogP contribution in [0.2, 0.25) is 0 Å². The van der Waals surface area contributed by atoms with E-state index in [4.69, 9.17) is 14.2 Å². The van der Waals surface area contributed by atoms with E-state index in [9.17, 15) is 4.79 Å². The lowest BCUT2D eigenvalue weighted by Crippen LogP contribution is -2.21. The van der Waals surface area contributed by atoms with E-state index < -0.39 is 6.23 Å². The highest BCUT2D eigenvalue weighted by Gasteiger charge is 2.25. The minimum absolute atomic E-state index is 0.559. The summed E-state index contributed by atoms with van der Waals surface area (Å²) in [7, 11) is 3.10. The average Bonchev–Trinajstić information content (AvgIpc) is 2.70. The summed E-state index contributed by atoms with van der Waals surface area (Å²) in [6.07, 6.45) is 0.0346. The van der Waals surface area contributed by atoms with Crippen molar-refractivity contribution in [2.75, 3.05) is 19.5 Å². The van der Waals surface area contributed by atoms with Gasteiger partial charge in [0, 0.05) is 12.1 Å². The molecule has 0 bridgehead atoms. The highest BCUT2D eigenvalue weighted by molar-refractivity contribution is 5.77. The van der Waals surface area contributed by atoms with Crippen LogP contribution in [0.3, 0.4) is 0 Å². The van der Waals surface area contributed by atoms with E-state index in [-0.39, 0.29) is 0 Å². The lowest BCUT2D eigenvalue weighted by atomic mass is 10.2. The number of benzene rings is 1. The van der Waals surface area contributed by atoms with Crippen molar-refractivity contribution in [1.29, 1.82) is 0 Å². The Bertz CT molecular complexity index is 391. The van der Waals surface area contributed by atoms with Crippen LogP contribution in [0.1, 0.15) is 0 Å². The van der Waals surface area contributed by atoms with Crippen molar-refractivity contribution in [2.45, 2.75) is 6.23 Å². The molecule has 0 aromatic heterocycles. The summed E-state index contributed by atoms with van der Waals surface area (Å²) >= 11 is 0. The van der Waals surface area contributed by atoms with Gasteiger partial charge in [-0.1, -0.05) is 0 Å². The summed E-state index contributed by atoms with van der Waals surface area (Å²) in [5, 5.41) is 2.88. The Morgan fingerprint density at radius 3 is 2.80 bits per heavy atom. The van der Waals surface area contributed by atoms with E-state index in [1.165, 1.54) is 0 Å². The Hall–Kier alpha value is -1.91. The van der Waals surface area contributed by atoms with Gasteiger partial charge in [-0.15, -0.1) is 0 Å². The number of carbonyl (C=O) groups is 1. The molecule has 1 heterocycles. The summed E-state index contributed by atoms with van der Waals surface area (Å²) < 4.78 is 15.5. The minimum atomic E-state index is -0.652. The van der Waals surface area contributed by atoms with Crippen LogP contribution in [0.15, 0.2) is 12.1 Å². The van der Waals surface area contributed by atoms with Crippen molar-refractivity contribution < 1.29 is 19.0 Å². The van der Waals surface area contributed by atoms with Crippen molar-refractivity contribution >= 4 is 12.0 Å². The van der Waals surface area contributed by atoms with Crippen LogP contribution >= 0.6 is 0 Å². The number of hydrogen-bond donors (Lipinski definition) is 1. The number of aldehydes is 1. The van der Waals surface area contributed by atoms with Gasteiger partial charge in [0.15, 0.2) is 12.0 Å². The molecule has 1 aromatic carbocycles. The Balaban J connectivity index is 2.43. The second-order valence-corrected chi connectivity index (χ2v) is 3.02. The fourth-order valence-electron chi connectivity index (χ4n) is 1.45. The molecule has 0 amide bonds. The third-order valence-electron chi connectivity index (χ3n) is 2.16. The molecule has 0 saturated carbocycles. The van der Waals surface area contributed by atoms with E-state index >= 15 is 0 Å². The van der Waals surface area contributed by atoms with E-state index in [1.807, 2.05) is 0 Å². The maximum absolute atomic E-state index is 10.6. The maximum atomic E-state index is 10.6. The smallest absolute Gasteiger partial charge is 0.226 e. The predicted molar refractivity (Wildman–Crippen MR) is 53.6 cm³/mol. The van der Waals surface area contributed by atoms with Gasteiger partial charge in [0.05, 0.1) is 14.2 Å². The average molecular weight is 209 g/mol. The summed E-state index contributed by atoms with van der Waals surface area (Å²) in [5.74, 6) is 1.77. The van der Waals surface area contributed by atoms with Gasteiger partial charge in [-0.3, -0.25) is 4.79 Å². The molecular formula is C10H11NO4. The van der Waals surface area contributed by atoms with Crippen LogP contribution in [-0.4, -0.2) is 26.7 Å². The molecule has 1 N–H and O–H groups in total. The lowest BCUT2D eigenvalue weighted by molar-refractivity contribution is -0.112. The van der Waals surface area contributed by atoms with Crippen molar-refractivity contribution in [3.05, 3.63) is 12.1 Å². The number of anilines is 1. The first-order valence-corrected chi connectivity index (χ1v) is 4.43. The predicted octanol–water partition coefficient (Wildman–Crippen LogP) is 1.03. The second kappa shape index (κ2) is 3.68. The molecule has 1 aromatic rings. The molecule has 15 heavy (non-hydrogen) atoms. The zero-order valence-electron chi connectivity index (χ0n) is 8.44. The molecule has 1 atom stereocenters. The zero-order chi connectivity index (χ0) is 10.8. The maximum Gasteiger partial charge on any atom is 0.226 e. The Kier molecular flexibility index (Phi) is 2.37. The van der Waals surface area contributed by atoms with E-state index in [0.29, 0.717) is 29.2 Å². The molecule has 1 aliphatic rings. The van der Waals surface area contributed by atoms with E-state index in [2.05, 4.69) is 5.32 Å². The fourth-order valence-corrected chi connectivity index (χ4v) is 1.45. The van der Waals surface area contributed by atoms with Crippen LogP contribution in [0.5, 0.6) is 17.2 Å². The topological polar surface area (TPSA) is 56.8 Å². The summed E-state index contributed by atoms with van der Waals surface area (Å²) in [6, 6.07) is 3.43. The fraction of sp³-hybridized carbons (Fsp3) is 0.300. The normalized spacial score (nSPS) is 17.3. The zero-order valence-corrected chi connectivity index (χ0v) is 8.44. The first-order chi connectivity index (χ1) is 7.28. The third kappa shape index (κ3) is 1.56. The number of fused-ring (bicyclic) bond motifs is 1. The quantitative estimate of drug-likeness (QED) is 0.753. The number of carbonyl (C=O) groups excluding carboxylic acids is 1. The van der Waals surface area contributed by atoms with Crippen LogP contribution < -0.4 is 19.5 Å². The lowest BCUT2D eigenvalue weighted by Gasteiger charge is -2.07. The van der Waals surface area contributed by atoms with Crippen molar-refractivity contribution in [1.82, 2.24) is 0 Å². The van der Waals surface area contributed by atoms with Gasteiger partial charge in [0.2, 0.25) is 6.23 Å². The second-order valence-electron chi connectivity index (χ2n) is 3.02. The van der Waals surface area contributed by atoms with Crippen molar-refractivity contribution in [2.24, 2.45) is 0 Å². The largest absolute Gasteiger partial charge is 0.496 e. The molecule has 5 heteroatoms. The van der Waals surface area contributed by atoms with Crippen LogP contribution in [0.4, 0.5) is 5.69 Å². The monoisotopic (exact) mass is 209 g/mol. The van der Waals surface area contributed by atoms with Crippen LogP contribution in [0.25, 0.3) is 0 Å². The molecule has 0 fully saturated rings. The van der Waals surface area contributed by atoms with Crippen LogP contribution in [0, 0.1) is 0 Å². The molecule has 0 spiro atoms. The summed E-state index contributed by atoms with van der Waals surface area (Å²) in [4.78, 5) is 10.6. The number of nitrogens with one attached hydrogen (secondary N) is 1. The van der Waals surface area contributed by atoms with Gasteiger partial charge in [0.25, 0.3) is 0 Å². The third-order valence-corrected chi connectivity index (χ3v) is 2.16. The van der Waals surface area contributed by atoms with Gasteiger partial charge in [0.1, 0.15) is 17.2 Å². The van der Waals surface area contributed by atoms with Crippen molar-refractivity contribution in [3.8, 4) is 17.2 Å². The molecule has 1 aliphatic heterocycles. The van der Waals surface area contributed by atoms with Gasteiger partial charge in [-0.05, 0) is 0 Å². The summed E-state index contributed by atoms with van der Waals surface area (Å²) in [6.45, 7) is 0. The van der Waals surface area contributed by atoms with Gasteiger partial charge >= 0.3 is 0 Å². The summed E-state index contributed by atoms with van der Waals surface area (Å²) in [5.41, 5.74) is 0.676. The Morgan fingerprint density at radius 1 is 1.40 bits per heavy atom. The van der Waals surface area contributed by atoms with Crippen LogP contribution in [-0.2, 0) is 4.79 Å². The van der Waals surface area contributed by atoms with E-state index in [1.54, 1.807) is 26.4 Å². The first-order valence-electron chi connectivity index (χ1n) is 4.43. The Morgan fingerprint density at radius 2 is 2.20 bits per heavy atom. The molecule has 80 valence electrons. The number of hydrogen-bond acceptors (Lipinski definition) is 5. The minimum Gasteiger partial charge on any atom is -0.496 e. The van der Waals surface area contributed by atoms with Gasteiger partial charge < -0.3 is 19.5 Å². The Labute approximate surface area is 86.9 Å². The molecule has 0 saturated heterocycles. The molecule has 0 radical (unpaired) electrons.